The molecule has 5 rings (SSSR count). The van der Waals surface area contributed by atoms with Crippen molar-refractivity contribution in [3.05, 3.63) is 74.9 Å². The van der Waals surface area contributed by atoms with Crippen molar-refractivity contribution in [2.45, 2.75) is 18.6 Å². The molecule has 8 nitrogen and oxygen atoms in total. The van der Waals surface area contributed by atoms with Crippen molar-refractivity contribution in [2.75, 3.05) is 51.2 Å². The average Bonchev–Trinajstić information content (AvgIpc) is 3.27. The van der Waals surface area contributed by atoms with Crippen LogP contribution in [-0.2, 0) is 15.8 Å². The summed E-state index contributed by atoms with van der Waals surface area (Å²) in [7, 11) is 1.58. The molecular weight excluding hydrogens is 570 g/mol. The van der Waals surface area contributed by atoms with E-state index in [1.807, 2.05) is 4.90 Å². The molecule has 3 aliphatic rings. The molecule has 1 fully saturated rings. The van der Waals surface area contributed by atoms with Gasteiger partial charge in [-0.25, -0.2) is 4.79 Å². The van der Waals surface area contributed by atoms with Crippen LogP contribution in [-0.4, -0.2) is 78.9 Å². The summed E-state index contributed by atoms with van der Waals surface area (Å²) in [6.45, 7) is 1.82. The smallest absolute Gasteiger partial charge is 0.368 e. The Morgan fingerprint density at radius 1 is 1.05 bits per heavy atom. The molecule has 212 valence electrons. The SMILES string of the molecule is CN1C(=O)N[C@H](c2cccc(Cl)c2Cl)C2=C1CN(CCC(=O)N1CCN(c3cccc(C(F)(F)F)c3)CC1)C2=O. The monoisotopic (exact) mass is 595 g/mol. The van der Waals surface area contributed by atoms with Gasteiger partial charge in [-0.2, -0.15) is 13.2 Å². The Labute approximate surface area is 238 Å². The lowest BCUT2D eigenvalue weighted by molar-refractivity contribution is -0.137. The van der Waals surface area contributed by atoms with Crippen LogP contribution in [0, 0.1) is 0 Å². The molecular formula is C27H26Cl2F3N5O3. The van der Waals surface area contributed by atoms with Crippen molar-refractivity contribution in [1.82, 2.24) is 20.0 Å². The Kier molecular flexibility index (Phi) is 7.62. The molecule has 3 heterocycles. The minimum Gasteiger partial charge on any atom is -0.368 e. The van der Waals surface area contributed by atoms with Crippen molar-refractivity contribution in [2.24, 2.45) is 0 Å². The summed E-state index contributed by atoms with van der Waals surface area (Å²) in [5, 5.41) is 3.36. The van der Waals surface area contributed by atoms with E-state index in [1.165, 1.54) is 15.9 Å². The second kappa shape index (κ2) is 10.9. The van der Waals surface area contributed by atoms with Gasteiger partial charge < -0.3 is 20.0 Å². The summed E-state index contributed by atoms with van der Waals surface area (Å²) < 4.78 is 39.3. The Hall–Kier alpha value is -3.44. The van der Waals surface area contributed by atoms with Gasteiger partial charge in [0.05, 0.1) is 39.5 Å². The van der Waals surface area contributed by atoms with E-state index in [-0.39, 0.29) is 42.4 Å². The van der Waals surface area contributed by atoms with Gasteiger partial charge in [0.2, 0.25) is 5.91 Å². The minimum absolute atomic E-state index is 0.0730. The molecule has 4 amide bonds. The zero-order valence-electron chi connectivity index (χ0n) is 21.5. The minimum atomic E-state index is -4.42. The first kappa shape index (κ1) is 28.1. The van der Waals surface area contributed by atoms with Crippen LogP contribution in [0.1, 0.15) is 23.6 Å². The van der Waals surface area contributed by atoms with Crippen LogP contribution in [0.2, 0.25) is 10.0 Å². The number of benzene rings is 2. The zero-order valence-corrected chi connectivity index (χ0v) is 23.0. The molecule has 0 spiro atoms. The fraction of sp³-hybridized carbons (Fsp3) is 0.370. The molecule has 0 aliphatic carbocycles. The van der Waals surface area contributed by atoms with E-state index in [0.717, 1.165) is 12.1 Å². The summed E-state index contributed by atoms with van der Waals surface area (Å²) in [5.41, 5.74) is 1.18. The molecule has 1 saturated heterocycles. The fourth-order valence-electron chi connectivity index (χ4n) is 5.26. The molecule has 0 radical (unpaired) electrons. The quantitative estimate of drug-likeness (QED) is 0.550. The van der Waals surface area contributed by atoms with Gasteiger partial charge in [0, 0.05) is 51.9 Å². The molecule has 13 heteroatoms. The van der Waals surface area contributed by atoms with Crippen molar-refractivity contribution in [3.63, 3.8) is 0 Å². The van der Waals surface area contributed by atoms with E-state index >= 15 is 0 Å². The maximum absolute atomic E-state index is 13.5. The summed E-state index contributed by atoms with van der Waals surface area (Å²) in [5.74, 6) is -0.455. The number of carbonyl (C=O) groups is 3. The lowest BCUT2D eigenvalue weighted by Crippen LogP contribution is -2.49. The Morgan fingerprint density at radius 3 is 2.45 bits per heavy atom. The predicted octanol–water partition coefficient (Wildman–Crippen LogP) is 4.54. The van der Waals surface area contributed by atoms with Crippen molar-refractivity contribution in [1.29, 1.82) is 0 Å². The Balaban J connectivity index is 1.21. The number of piperazine rings is 1. The largest absolute Gasteiger partial charge is 0.416 e. The second-order valence-electron chi connectivity index (χ2n) is 9.84. The van der Waals surface area contributed by atoms with Crippen molar-refractivity contribution >= 4 is 46.7 Å². The van der Waals surface area contributed by atoms with E-state index < -0.39 is 17.8 Å². The van der Waals surface area contributed by atoms with Gasteiger partial charge in [-0.15, -0.1) is 0 Å². The van der Waals surface area contributed by atoms with Crippen LogP contribution >= 0.6 is 23.2 Å². The number of anilines is 1. The van der Waals surface area contributed by atoms with Crippen LogP contribution in [0.15, 0.2) is 53.7 Å². The summed E-state index contributed by atoms with van der Waals surface area (Å²) in [6.07, 6.45) is -4.35. The van der Waals surface area contributed by atoms with Crippen LogP contribution in [0.25, 0.3) is 0 Å². The van der Waals surface area contributed by atoms with Crippen LogP contribution in [0.5, 0.6) is 0 Å². The first-order valence-corrected chi connectivity index (χ1v) is 13.4. The van der Waals surface area contributed by atoms with E-state index in [4.69, 9.17) is 23.2 Å². The number of rotatable bonds is 5. The van der Waals surface area contributed by atoms with Crippen LogP contribution in [0.3, 0.4) is 0 Å². The number of hydrogen-bond donors (Lipinski definition) is 1. The first-order chi connectivity index (χ1) is 19.0. The van der Waals surface area contributed by atoms with E-state index in [0.29, 0.717) is 53.7 Å². The molecule has 2 aromatic carbocycles. The normalized spacial score (nSPS) is 19.8. The standard InChI is InChI=1S/C27H26Cl2F3N5O3/c1-34-20-15-37(25(39)22(20)24(33-26(34)40)18-6-3-7-19(28)23(18)29)9-8-21(38)36-12-10-35(11-13-36)17-5-2-4-16(14-17)27(30,31)32/h2-7,14,24H,8-13,15H2,1H3,(H,33,40)/t24-/m1/s1. The third kappa shape index (κ3) is 5.32. The molecule has 0 unspecified atom stereocenters. The Bertz CT molecular complexity index is 1390. The first-order valence-electron chi connectivity index (χ1n) is 12.7. The lowest BCUT2D eigenvalue weighted by Gasteiger charge is -2.36. The Morgan fingerprint density at radius 2 is 1.75 bits per heavy atom. The van der Waals surface area contributed by atoms with E-state index in [1.54, 1.807) is 36.2 Å². The molecule has 0 saturated carbocycles. The summed E-state index contributed by atoms with van der Waals surface area (Å²) in [4.78, 5) is 45.5. The highest BCUT2D eigenvalue weighted by Gasteiger charge is 2.43. The van der Waals surface area contributed by atoms with E-state index in [9.17, 15) is 27.6 Å². The molecule has 0 bridgehead atoms. The topological polar surface area (TPSA) is 76.2 Å². The van der Waals surface area contributed by atoms with Crippen LogP contribution in [0.4, 0.5) is 23.7 Å². The van der Waals surface area contributed by atoms with Gasteiger partial charge in [-0.3, -0.25) is 14.5 Å². The van der Waals surface area contributed by atoms with Crippen LogP contribution < -0.4 is 10.2 Å². The highest BCUT2D eigenvalue weighted by atomic mass is 35.5. The number of amides is 4. The highest BCUT2D eigenvalue weighted by molar-refractivity contribution is 6.42. The number of hydrogen-bond acceptors (Lipinski definition) is 4. The molecule has 1 atom stereocenters. The number of urea groups is 1. The second-order valence-corrected chi connectivity index (χ2v) is 10.6. The number of likely N-dealkylation sites (N-methyl/N-ethyl adjacent to an activating group) is 1. The van der Waals surface area contributed by atoms with E-state index in [2.05, 4.69) is 5.32 Å². The number of carbonyl (C=O) groups excluding carboxylic acids is 3. The van der Waals surface area contributed by atoms with Gasteiger partial charge in [0.25, 0.3) is 5.91 Å². The molecule has 2 aromatic rings. The number of nitrogens with one attached hydrogen (secondary N) is 1. The number of alkyl halides is 3. The fourth-order valence-corrected chi connectivity index (χ4v) is 5.68. The van der Waals surface area contributed by atoms with Crippen molar-refractivity contribution < 1.29 is 27.6 Å². The van der Waals surface area contributed by atoms with Gasteiger partial charge in [0.1, 0.15) is 0 Å². The molecule has 3 aliphatic heterocycles. The number of nitrogens with zero attached hydrogens (tertiary/aromatic N) is 4. The summed E-state index contributed by atoms with van der Waals surface area (Å²) >= 11 is 12.6. The molecule has 0 aromatic heterocycles. The molecule has 1 N–H and O–H groups in total. The molecule has 40 heavy (non-hydrogen) atoms. The zero-order chi connectivity index (χ0) is 28.8. The maximum Gasteiger partial charge on any atom is 0.416 e. The maximum atomic E-state index is 13.5. The van der Waals surface area contributed by atoms with Gasteiger partial charge in [-0.05, 0) is 29.8 Å². The third-order valence-corrected chi connectivity index (χ3v) is 8.33. The van der Waals surface area contributed by atoms with Gasteiger partial charge >= 0.3 is 12.2 Å². The average molecular weight is 596 g/mol. The summed E-state index contributed by atoms with van der Waals surface area (Å²) in [6, 6.07) is 9.00. The highest BCUT2D eigenvalue weighted by Crippen LogP contribution is 2.40. The van der Waals surface area contributed by atoms with Crippen molar-refractivity contribution in [3.8, 4) is 0 Å². The van der Waals surface area contributed by atoms with Gasteiger partial charge in [-0.1, -0.05) is 41.4 Å². The predicted molar refractivity (Wildman–Crippen MR) is 144 cm³/mol. The van der Waals surface area contributed by atoms with Gasteiger partial charge in [0.15, 0.2) is 0 Å². The lowest BCUT2D eigenvalue weighted by atomic mass is 9.95. The third-order valence-electron chi connectivity index (χ3n) is 7.49. The number of halogens is 5.